The minimum Gasteiger partial charge on any atom is -0.310 e. The molecule has 0 aromatic rings. The second-order valence-corrected chi connectivity index (χ2v) is 38.8. The highest BCUT2D eigenvalue weighted by molar-refractivity contribution is 4.96. The van der Waals surface area contributed by atoms with Gasteiger partial charge in [-0.2, -0.15) is 0 Å². The van der Waals surface area contributed by atoms with Gasteiger partial charge in [0.25, 0.3) is 0 Å². The molecule has 0 spiro atoms. The smallest absolute Gasteiger partial charge is 0.136 e. The fraction of sp³-hybridized carbons (Fsp3) is 1.00. The van der Waals surface area contributed by atoms with E-state index in [2.05, 4.69) is 320 Å². The third kappa shape index (κ3) is 20.2. The molecule has 6 fully saturated rings. The molecular formula is C81H180N12+6. The maximum Gasteiger partial charge on any atom is 0.136 e. The zero-order valence-electron chi connectivity index (χ0n) is 72.4. The second kappa shape index (κ2) is 33.1. The number of hydrogen-bond donors (Lipinski definition) is 0. The summed E-state index contributed by atoms with van der Waals surface area (Å²) in [6.45, 7) is 127. The first-order chi connectivity index (χ1) is 41.9. The Morgan fingerprint density at radius 1 is 0.312 bits per heavy atom. The molecule has 6 heterocycles. The van der Waals surface area contributed by atoms with Gasteiger partial charge in [-0.25, -0.2) is 29.4 Å². The van der Waals surface area contributed by atoms with Crippen molar-refractivity contribution >= 4 is 0 Å². The highest BCUT2D eigenvalue weighted by atomic mass is 15.6. The molecule has 0 aromatic heterocycles. The SMILES string of the molecule is CCC(C)(C)N1CC(C)(C)[N+](CC)(CC)C1.CCC(C)(C)N1C[N+](CC)(CC)C(C)C1C.CCC(C)(C)N1C[N+](CC)(CC)CC1(C)C.CC[N+]1(CC)CN(C(C)(C)C)C(C)(C)C1.CC[N+]1(CC)CN(C(C)(C)C)C(C)C1C.CC[N+]1(CC)CN(C(C)(C)C)CC1(C)C. The van der Waals surface area contributed by atoms with Crippen LogP contribution in [0.2, 0.25) is 0 Å². The summed E-state index contributed by atoms with van der Waals surface area (Å²) in [5.74, 6) is 0. The van der Waals surface area contributed by atoms with E-state index in [9.17, 15) is 0 Å². The van der Waals surface area contributed by atoms with Crippen molar-refractivity contribution in [3.05, 3.63) is 0 Å². The molecular weight excluding hydrogens is 1140 g/mol. The zero-order valence-corrected chi connectivity index (χ0v) is 72.4. The Kier molecular flexibility index (Phi) is 32.2. The van der Waals surface area contributed by atoms with Crippen molar-refractivity contribution in [2.45, 2.75) is 390 Å². The molecule has 0 aliphatic carbocycles. The van der Waals surface area contributed by atoms with E-state index < -0.39 is 0 Å². The molecule has 0 aromatic carbocycles. The predicted molar refractivity (Wildman–Crippen MR) is 414 cm³/mol. The Bertz CT molecular complexity index is 2150. The van der Waals surface area contributed by atoms with E-state index in [-0.39, 0.29) is 5.54 Å². The predicted octanol–water partition coefficient (Wildman–Crippen LogP) is 17.3. The van der Waals surface area contributed by atoms with Gasteiger partial charge in [-0.15, -0.1) is 0 Å². The van der Waals surface area contributed by atoms with Crippen molar-refractivity contribution in [1.29, 1.82) is 0 Å². The van der Waals surface area contributed by atoms with Gasteiger partial charge in [0.05, 0.1) is 128 Å². The lowest BCUT2D eigenvalue weighted by molar-refractivity contribution is -0.960. The molecule has 6 aliphatic heterocycles. The van der Waals surface area contributed by atoms with Crippen molar-refractivity contribution in [2.24, 2.45) is 0 Å². The lowest BCUT2D eigenvalue weighted by atomic mass is 9.93. The fourth-order valence-electron chi connectivity index (χ4n) is 18.8. The van der Waals surface area contributed by atoms with Crippen molar-refractivity contribution in [3.8, 4) is 0 Å². The molecule has 6 rings (SSSR count). The fourth-order valence-corrected chi connectivity index (χ4v) is 18.8. The molecule has 0 radical (unpaired) electrons. The van der Waals surface area contributed by atoms with Gasteiger partial charge in [-0.05, 0) is 289 Å². The van der Waals surface area contributed by atoms with Crippen LogP contribution in [0.15, 0.2) is 0 Å². The van der Waals surface area contributed by atoms with Crippen LogP contribution in [0.4, 0.5) is 0 Å². The van der Waals surface area contributed by atoms with Crippen LogP contribution in [0.1, 0.15) is 310 Å². The molecule has 6 aliphatic rings. The molecule has 6 saturated heterocycles. The number of rotatable bonds is 18. The number of likely N-dealkylation sites (N-methyl/N-ethyl adjacent to an activating group) is 6. The first kappa shape index (κ1) is 90.5. The summed E-state index contributed by atoms with van der Waals surface area (Å²) >= 11 is 0. The van der Waals surface area contributed by atoms with Crippen LogP contribution in [0.25, 0.3) is 0 Å². The lowest BCUT2D eigenvalue weighted by Crippen LogP contribution is -2.58. The van der Waals surface area contributed by atoms with Crippen LogP contribution in [0.3, 0.4) is 0 Å². The molecule has 0 saturated carbocycles. The van der Waals surface area contributed by atoms with E-state index in [1.807, 2.05) is 0 Å². The van der Waals surface area contributed by atoms with Gasteiger partial charge in [0.2, 0.25) is 0 Å². The number of nitrogens with zero attached hydrogens (tertiary/aromatic N) is 12. The molecule has 12 nitrogen and oxygen atoms in total. The summed E-state index contributed by atoms with van der Waals surface area (Å²) in [4.78, 5) is 16.1. The minimum absolute atomic E-state index is 0.286. The highest BCUT2D eigenvalue weighted by Crippen LogP contribution is 2.42. The Hall–Kier alpha value is -0.480. The normalized spacial score (nSPS) is 27.4. The van der Waals surface area contributed by atoms with E-state index in [4.69, 9.17) is 0 Å². The van der Waals surface area contributed by atoms with Crippen LogP contribution in [0, 0.1) is 0 Å². The van der Waals surface area contributed by atoms with Gasteiger partial charge >= 0.3 is 0 Å². The van der Waals surface area contributed by atoms with Gasteiger partial charge in [0.15, 0.2) is 0 Å². The number of quaternary nitrogens is 6. The molecule has 0 bridgehead atoms. The Morgan fingerprint density at radius 3 is 0.839 bits per heavy atom. The second-order valence-electron chi connectivity index (χ2n) is 38.8. The van der Waals surface area contributed by atoms with Crippen molar-refractivity contribution in [1.82, 2.24) is 29.4 Å². The first-order valence-corrected chi connectivity index (χ1v) is 39.7. The Labute approximate surface area is 587 Å². The van der Waals surface area contributed by atoms with Crippen LogP contribution in [-0.4, -0.2) is 281 Å². The van der Waals surface area contributed by atoms with Gasteiger partial charge in [-0.3, -0.25) is 0 Å². The summed E-state index contributed by atoms with van der Waals surface area (Å²) in [6, 6.07) is 2.93. The maximum absolute atomic E-state index is 2.73. The van der Waals surface area contributed by atoms with Crippen LogP contribution in [0.5, 0.6) is 0 Å². The third-order valence-corrected chi connectivity index (χ3v) is 28.6. The molecule has 12 heteroatoms. The minimum atomic E-state index is 0.286. The van der Waals surface area contributed by atoms with Crippen molar-refractivity contribution < 1.29 is 26.9 Å². The van der Waals surface area contributed by atoms with Crippen LogP contribution in [-0.2, 0) is 0 Å². The summed E-state index contributed by atoms with van der Waals surface area (Å²) in [7, 11) is 0. The quantitative estimate of drug-likeness (QED) is 0.127. The lowest BCUT2D eigenvalue weighted by Gasteiger charge is -2.43. The molecule has 0 N–H and O–H groups in total. The van der Waals surface area contributed by atoms with Gasteiger partial charge in [-0.1, -0.05) is 20.8 Å². The van der Waals surface area contributed by atoms with E-state index in [0.717, 1.165) is 12.1 Å². The van der Waals surface area contributed by atoms with Crippen LogP contribution < -0.4 is 0 Å². The summed E-state index contributed by atoms with van der Waals surface area (Å²) < 4.78 is 7.53. The van der Waals surface area contributed by atoms with E-state index >= 15 is 0 Å². The first-order valence-electron chi connectivity index (χ1n) is 39.7. The molecule has 4 unspecified atom stereocenters. The third-order valence-electron chi connectivity index (χ3n) is 28.6. The molecule has 558 valence electrons. The average molecular weight is 1320 g/mol. The van der Waals surface area contributed by atoms with Crippen molar-refractivity contribution in [2.75, 3.05) is 145 Å². The summed E-state index contributed by atoms with van der Waals surface area (Å²) in [5.41, 5.74) is 3.39. The highest BCUT2D eigenvalue weighted by Gasteiger charge is 2.57. The average Bonchev–Trinajstić information content (AvgIpc) is 1.67. The van der Waals surface area contributed by atoms with Gasteiger partial charge < -0.3 is 26.9 Å². The monoisotopic (exact) mass is 1320 g/mol. The van der Waals surface area contributed by atoms with E-state index in [1.165, 1.54) is 191 Å². The summed E-state index contributed by atoms with van der Waals surface area (Å²) in [6.07, 6.45) is 3.69. The standard InChI is InChI=1S/3C14H31N2.3C13H29N2/c1-8-13(4,5)15-12-16(9-2,10-3)11-14(15,6)7;1-8-13(4,5)15-11-14(6,7)16(9-2,10-3)12-15;1-8-14(6,7)15-11-16(9-2,10-3)13(5)12(15)4;1-8-15(9-2)10-13(6,7)14(11-15)12(3,4)5;1-8-15(9-2)11-14(12(3,4)5)10-13(15,6)7;1-8-15(9-2)10-14(13(5,6)7)11(3)12(15)4/h2*8-12H2,1-7H3;12-13H,8-11H2,1-7H3;2*8-11H2,1-7H3;11-12H,8-10H2,1-7H3/q6*+1. The largest absolute Gasteiger partial charge is 0.310 e. The maximum atomic E-state index is 2.73. The van der Waals surface area contributed by atoms with E-state index in [1.54, 1.807) is 0 Å². The number of hydrogen-bond acceptors (Lipinski definition) is 6. The topological polar surface area (TPSA) is 19.4 Å². The molecule has 4 atom stereocenters. The van der Waals surface area contributed by atoms with Crippen LogP contribution >= 0.6 is 0 Å². The summed E-state index contributed by atoms with van der Waals surface area (Å²) in [5, 5.41) is 0. The zero-order chi connectivity index (χ0) is 73.5. The van der Waals surface area contributed by atoms with Gasteiger partial charge in [0.1, 0.15) is 63.2 Å². The Balaban J connectivity index is 0.000000558. The molecule has 93 heavy (non-hydrogen) atoms. The van der Waals surface area contributed by atoms with E-state index in [0.29, 0.717) is 61.9 Å². The molecule has 0 amide bonds. The van der Waals surface area contributed by atoms with Gasteiger partial charge in [0, 0.05) is 33.2 Å². The van der Waals surface area contributed by atoms with Crippen molar-refractivity contribution in [3.63, 3.8) is 0 Å². The Morgan fingerprint density at radius 2 is 0.613 bits per heavy atom.